The van der Waals surface area contributed by atoms with E-state index in [2.05, 4.69) is 27.2 Å². The Morgan fingerprint density at radius 1 is 1.00 bits per heavy atom. The molecule has 1 aliphatic rings. The van der Waals surface area contributed by atoms with Gasteiger partial charge in [0.25, 0.3) is 5.91 Å². The first-order chi connectivity index (χ1) is 16.6. The van der Waals surface area contributed by atoms with Crippen molar-refractivity contribution in [2.24, 2.45) is 0 Å². The summed E-state index contributed by atoms with van der Waals surface area (Å²) in [7, 11) is 1.68. The normalized spacial score (nSPS) is 13.8. The Hall–Kier alpha value is -4.00. The Morgan fingerprint density at radius 3 is 2.44 bits per heavy atom. The van der Waals surface area contributed by atoms with E-state index in [1.807, 2.05) is 61.5 Å². The predicted molar refractivity (Wildman–Crippen MR) is 134 cm³/mol. The minimum absolute atomic E-state index is 0.134. The number of pyridine rings is 1. The summed E-state index contributed by atoms with van der Waals surface area (Å²) < 4.78 is 10.9. The van der Waals surface area contributed by atoms with E-state index in [4.69, 9.17) is 14.1 Å². The number of rotatable bonds is 6. The second-order valence-corrected chi connectivity index (χ2v) is 8.41. The molecule has 3 heterocycles. The number of hydrogen-bond donors (Lipinski definition) is 1. The van der Waals surface area contributed by atoms with Crippen LogP contribution in [0.2, 0.25) is 0 Å². The van der Waals surface area contributed by atoms with Gasteiger partial charge in [-0.25, -0.2) is 4.98 Å². The predicted octanol–water partition coefficient (Wildman–Crippen LogP) is 4.40. The van der Waals surface area contributed by atoms with Crippen molar-refractivity contribution in [3.05, 3.63) is 83.8 Å². The second-order valence-electron chi connectivity index (χ2n) is 8.41. The summed E-state index contributed by atoms with van der Waals surface area (Å²) in [6.07, 6.45) is 0. The molecule has 1 N–H and O–H groups in total. The third-order valence-electron chi connectivity index (χ3n) is 6.21. The van der Waals surface area contributed by atoms with Gasteiger partial charge in [-0.15, -0.1) is 0 Å². The zero-order valence-electron chi connectivity index (χ0n) is 19.5. The summed E-state index contributed by atoms with van der Waals surface area (Å²) in [6.45, 7) is 5.64. The Kier molecular flexibility index (Phi) is 6.08. The molecule has 2 aromatic carbocycles. The number of nitrogens with one attached hydrogen (secondary N) is 1. The highest BCUT2D eigenvalue weighted by atomic mass is 16.5. The number of para-hydroxylation sites is 1. The van der Waals surface area contributed by atoms with Gasteiger partial charge in [-0.05, 0) is 55.5 Å². The molecule has 0 saturated carbocycles. The van der Waals surface area contributed by atoms with Crippen LogP contribution in [0.25, 0.3) is 10.9 Å². The van der Waals surface area contributed by atoms with Gasteiger partial charge in [0.1, 0.15) is 23.1 Å². The van der Waals surface area contributed by atoms with E-state index in [-0.39, 0.29) is 5.91 Å². The van der Waals surface area contributed by atoms with Crippen LogP contribution in [0.4, 0.5) is 11.5 Å². The fraction of sp³-hybridized carbons (Fsp3) is 0.259. The lowest BCUT2D eigenvalue weighted by molar-refractivity contribution is 0.0949. The van der Waals surface area contributed by atoms with Crippen molar-refractivity contribution in [2.45, 2.75) is 13.5 Å². The molecule has 0 aliphatic carbocycles. The molecule has 0 spiro atoms. The van der Waals surface area contributed by atoms with Crippen LogP contribution in [0.15, 0.2) is 71.1 Å². The van der Waals surface area contributed by atoms with Crippen molar-refractivity contribution in [3.63, 3.8) is 0 Å². The Balaban J connectivity index is 1.34. The van der Waals surface area contributed by atoms with Crippen molar-refractivity contribution in [1.82, 2.24) is 10.3 Å². The largest absolute Gasteiger partial charge is 0.497 e. The van der Waals surface area contributed by atoms with Gasteiger partial charge < -0.3 is 24.3 Å². The molecule has 174 valence electrons. The maximum absolute atomic E-state index is 13.1. The molecular formula is C27H28N4O3. The maximum Gasteiger partial charge on any atom is 0.252 e. The number of anilines is 2. The Morgan fingerprint density at radius 2 is 1.74 bits per heavy atom. The van der Waals surface area contributed by atoms with Crippen molar-refractivity contribution in [3.8, 4) is 5.75 Å². The van der Waals surface area contributed by atoms with Crippen LogP contribution in [-0.2, 0) is 6.54 Å². The number of ether oxygens (including phenoxy) is 1. The monoisotopic (exact) mass is 456 g/mol. The molecule has 1 amide bonds. The van der Waals surface area contributed by atoms with Crippen LogP contribution in [0.1, 0.15) is 21.9 Å². The number of piperazine rings is 1. The lowest BCUT2D eigenvalue weighted by Gasteiger charge is -2.37. The van der Waals surface area contributed by atoms with Crippen LogP contribution in [0.5, 0.6) is 5.75 Å². The van der Waals surface area contributed by atoms with Crippen LogP contribution in [-0.4, -0.2) is 44.2 Å². The zero-order chi connectivity index (χ0) is 23.5. The molecule has 5 rings (SSSR count). The molecule has 7 nitrogen and oxygen atoms in total. The van der Waals surface area contributed by atoms with Gasteiger partial charge in [0.05, 0.1) is 24.7 Å². The lowest BCUT2D eigenvalue weighted by atomic mass is 10.1. The molecule has 1 saturated heterocycles. The first kappa shape index (κ1) is 21.8. The van der Waals surface area contributed by atoms with E-state index in [9.17, 15) is 4.79 Å². The van der Waals surface area contributed by atoms with Gasteiger partial charge >= 0.3 is 0 Å². The summed E-state index contributed by atoms with van der Waals surface area (Å²) in [5.74, 6) is 3.11. The summed E-state index contributed by atoms with van der Waals surface area (Å²) >= 11 is 0. The van der Waals surface area contributed by atoms with Gasteiger partial charge in [0, 0.05) is 37.3 Å². The third kappa shape index (κ3) is 4.55. The van der Waals surface area contributed by atoms with Gasteiger partial charge in [-0.1, -0.05) is 18.2 Å². The first-order valence-electron chi connectivity index (χ1n) is 11.5. The number of nitrogens with zero attached hydrogens (tertiary/aromatic N) is 3. The summed E-state index contributed by atoms with van der Waals surface area (Å²) in [5.41, 5.74) is 2.62. The molecular weight excluding hydrogens is 428 g/mol. The van der Waals surface area contributed by atoms with E-state index in [1.54, 1.807) is 7.11 Å². The Bertz CT molecular complexity index is 1290. The molecule has 34 heavy (non-hydrogen) atoms. The molecule has 0 atom stereocenters. The van der Waals surface area contributed by atoms with Gasteiger partial charge in [-0.2, -0.15) is 0 Å². The number of furan rings is 1. The lowest BCUT2D eigenvalue weighted by Crippen LogP contribution is -2.46. The van der Waals surface area contributed by atoms with E-state index >= 15 is 0 Å². The highest BCUT2D eigenvalue weighted by Crippen LogP contribution is 2.26. The standard InChI is InChI=1S/C27H28N4O3/c1-19-7-10-22(34-19)18-28-27(32)24-17-26(29-25-6-4-3-5-23(24)25)31-15-13-30(14-16-31)20-8-11-21(33-2)12-9-20/h3-12,17H,13-16,18H2,1-2H3,(H,28,32). The minimum Gasteiger partial charge on any atom is -0.497 e. The number of aryl methyl sites for hydroxylation is 1. The van der Waals surface area contributed by atoms with Crippen molar-refractivity contribution in [2.75, 3.05) is 43.1 Å². The van der Waals surface area contributed by atoms with E-state index < -0.39 is 0 Å². The Labute approximate surface area is 198 Å². The van der Waals surface area contributed by atoms with E-state index in [0.29, 0.717) is 12.1 Å². The van der Waals surface area contributed by atoms with E-state index in [1.165, 1.54) is 5.69 Å². The quantitative estimate of drug-likeness (QED) is 0.464. The van der Waals surface area contributed by atoms with Gasteiger partial charge in [0.15, 0.2) is 0 Å². The summed E-state index contributed by atoms with van der Waals surface area (Å²) in [6, 6.07) is 21.6. The zero-order valence-corrected chi connectivity index (χ0v) is 19.5. The van der Waals surface area contributed by atoms with Crippen LogP contribution < -0.4 is 19.9 Å². The highest BCUT2D eigenvalue weighted by Gasteiger charge is 2.21. The van der Waals surface area contributed by atoms with Crippen LogP contribution in [0.3, 0.4) is 0 Å². The molecule has 1 aliphatic heterocycles. The molecule has 2 aromatic heterocycles. The molecule has 0 unspecified atom stereocenters. The molecule has 7 heteroatoms. The number of carbonyl (C=O) groups is 1. The minimum atomic E-state index is -0.134. The third-order valence-corrected chi connectivity index (χ3v) is 6.21. The average molecular weight is 457 g/mol. The van der Waals surface area contributed by atoms with E-state index in [0.717, 1.165) is 60.2 Å². The number of amides is 1. The maximum atomic E-state index is 13.1. The molecule has 0 radical (unpaired) electrons. The van der Waals surface area contributed by atoms with Crippen LogP contribution in [0, 0.1) is 6.92 Å². The topological polar surface area (TPSA) is 70.8 Å². The van der Waals surface area contributed by atoms with Crippen LogP contribution >= 0.6 is 0 Å². The average Bonchev–Trinajstić information content (AvgIpc) is 3.31. The first-order valence-corrected chi connectivity index (χ1v) is 11.5. The van der Waals surface area contributed by atoms with Crippen molar-refractivity contribution >= 4 is 28.3 Å². The summed E-state index contributed by atoms with van der Waals surface area (Å²) in [5, 5.41) is 3.84. The number of aromatic nitrogens is 1. The smallest absolute Gasteiger partial charge is 0.252 e. The highest BCUT2D eigenvalue weighted by molar-refractivity contribution is 6.07. The molecule has 1 fully saturated rings. The summed E-state index contributed by atoms with van der Waals surface area (Å²) in [4.78, 5) is 22.6. The fourth-order valence-corrected chi connectivity index (χ4v) is 4.34. The number of benzene rings is 2. The number of methoxy groups -OCH3 is 1. The number of carbonyl (C=O) groups excluding carboxylic acids is 1. The molecule has 4 aromatic rings. The second kappa shape index (κ2) is 9.47. The fourth-order valence-electron chi connectivity index (χ4n) is 4.34. The van der Waals surface area contributed by atoms with Gasteiger partial charge in [-0.3, -0.25) is 4.79 Å². The SMILES string of the molecule is COc1ccc(N2CCN(c3cc(C(=O)NCc4ccc(C)o4)c4ccccc4n3)CC2)cc1. The molecule has 0 bridgehead atoms. The van der Waals surface area contributed by atoms with Gasteiger partial charge in [0.2, 0.25) is 0 Å². The number of hydrogen-bond acceptors (Lipinski definition) is 6. The van der Waals surface area contributed by atoms with Crippen molar-refractivity contribution in [1.29, 1.82) is 0 Å². The number of fused-ring (bicyclic) bond motifs is 1. The van der Waals surface area contributed by atoms with Crippen molar-refractivity contribution < 1.29 is 13.9 Å².